The molecule has 0 aromatic rings. The van der Waals surface area contributed by atoms with Crippen LogP contribution in [0.15, 0.2) is 30.3 Å². The molecule has 0 amide bonds. The van der Waals surface area contributed by atoms with E-state index in [1.165, 1.54) is 0 Å². The molecule has 0 bridgehead atoms. The van der Waals surface area contributed by atoms with Crippen molar-refractivity contribution in [1.29, 1.82) is 0 Å². The van der Waals surface area contributed by atoms with Crippen molar-refractivity contribution in [3.8, 4) is 11.1 Å². The van der Waals surface area contributed by atoms with E-state index in [1.807, 2.05) is 37.3 Å². The van der Waals surface area contributed by atoms with Crippen molar-refractivity contribution in [2.24, 2.45) is 0 Å². The number of fused-ring (bicyclic) bond motifs is 1. The first-order valence-electron chi connectivity index (χ1n) is 4.99. The number of aliphatic hydroxyl groups excluding tert-OH is 2. The topological polar surface area (TPSA) is 40.5 Å². The number of rotatable bonds is 2. The molecule has 0 saturated heterocycles. The van der Waals surface area contributed by atoms with Gasteiger partial charge >= 0.3 is 0 Å². The lowest BCUT2D eigenvalue weighted by molar-refractivity contribution is 0.274. The van der Waals surface area contributed by atoms with Gasteiger partial charge in [-0.3, -0.25) is 0 Å². The highest BCUT2D eigenvalue weighted by molar-refractivity contribution is 5.68. The van der Waals surface area contributed by atoms with Crippen molar-refractivity contribution < 1.29 is 10.2 Å². The van der Waals surface area contributed by atoms with E-state index in [9.17, 15) is 10.2 Å². The van der Waals surface area contributed by atoms with Gasteiger partial charge in [0.1, 0.15) is 0 Å². The van der Waals surface area contributed by atoms with Crippen molar-refractivity contribution in [2.45, 2.75) is 20.1 Å². The maximum absolute atomic E-state index is 9.26. The summed E-state index contributed by atoms with van der Waals surface area (Å²) >= 11 is 0. The Balaban J connectivity index is 2.73. The van der Waals surface area contributed by atoms with E-state index < -0.39 is 0 Å². The highest BCUT2D eigenvalue weighted by Crippen LogP contribution is 2.27. The third-order valence-electron chi connectivity index (χ3n) is 2.85. The molecular weight excluding hydrogens is 188 g/mol. The molecule has 0 aromatic heterocycles. The molecule has 2 heteroatoms. The number of hydrogen-bond donors (Lipinski definition) is 2. The van der Waals surface area contributed by atoms with Gasteiger partial charge in [-0.05, 0) is 46.9 Å². The van der Waals surface area contributed by atoms with Crippen LogP contribution in [0.5, 0.6) is 0 Å². The van der Waals surface area contributed by atoms with E-state index >= 15 is 0 Å². The van der Waals surface area contributed by atoms with E-state index in [4.69, 9.17) is 0 Å². The van der Waals surface area contributed by atoms with Gasteiger partial charge in [-0.25, -0.2) is 0 Å². The van der Waals surface area contributed by atoms with Gasteiger partial charge in [0.2, 0.25) is 0 Å². The molecule has 0 atom stereocenters. The third kappa shape index (κ3) is 1.74. The number of hydrogen-bond acceptors (Lipinski definition) is 2. The minimum Gasteiger partial charge on any atom is -0.392 e. The quantitative estimate of drug-likeness (QED) is 0.782. The second kappa shape index (κ2) is 4.01. The summed E-state index contributed by atoms with van der Waals surface area (Å²) in [7, 11) is 0. The Bertz CT molecular complexity index is 410. The Labute approximate surface area is 89.2 Å². The zero-order chi connectivity index (χ0) is 10.8. The maximum Gasteiger partial charge on any atom is 0.0684 e. The minimum absolute atomic E-state index is 0.00773. The van der Waals surface area contributed by atoms with Crippen molar-refractivity contribution in [2.75, 3.05) is 0 Å². The predicted molar refractivity (Wildman–Crippen MR) is 59.6 cm³/mol. The summed E-state index contributed by atoms with van der Waals surface area (Å²) in [6, 6.07) is 9.94. The summed E-state index contributed by atoms with van der Waals surface area (Å²) in [5, 5.41) is 18.5. The molecule has 0 fully saturated rings. The standard InChI is InChI=1S/C13H14O2/c1-9-12(7-14)5-10-3-2-4-11(10)6-13(9)8-15/h2-6,14-15H,7-8H2,1H3. The van der Waals surface area contributed by atoms with Crippen LogP contribution < -0.4 is 0 Å². The zero-order valence-corrected chi connectivity index (χ0v) is 8.70. The highest BCUT2D eigenvalue weighted by atomic mass is 16.3. The summed E-state index contributed by atoms with van der Waals surface area (Å²) in [5.41, 5.74) is 4.92. The van der Waals surface area contributed by atoms with Gasteiger partial charge in [-0.1, -0.05) is 18.2 Å². The Morgan fingerprint density at radius 3 is 1.80 bits per heavy atom. The van der Waals surface area contributed by atoms with Crippen LogP contribution in [0.25, 0.3) is 11.1 Å². The van der Waals surface area contributed by atoms with Gasteiger partial charge < -0.3 is 10.2 Å². The fourth-order valence-corrected chi connectivity index (χ4v) is 1.84. The van der Waals surface area contributed by atoms with Crippen LogP contribution in [-0.4, -0.2) is 10.2 Å². The van der Waals surface area contributed by atoms with E-state index in [-0.39, 0.29) is 13.2 Å². The molecule has 0 radical (unpaired) electrons. The molecule has 0 heterocycles. The maximum atomic E-state index is 9.26. The van der Waals surface area contributed by atoms with Crippen molar-refractivity contribution >= 4 is 0 Å². The molecule has 2 N–H and O–H groups in total. The van der Waals surface area contributed by atoms with Crippen molar-refractivity contribution in [3.05, 3.63) is 47.0 Å². The van der Waals surface area contributed by atoms with Crippen LogP contribution in [0, 0.1) is 6.92 Å². The van der Waals surface area contributed by atoms with Gasteiger partial charge in [0.05, 0.1) is 13.2 Å². The molecule has 0 spiro atoms. The normalized spacial score (nSPS) is 10.9. The van der Waals surface area contributed by atoms with E-state index in [0.717, 1.165) is 27.8 Å². The molecule has 2 aliphatic rings. The summed E-state index contributed by atoms with van der Waals surface area (Å²) in [6.45, 7) is 1.94. The predicted octanol–water partition coefficient (Wildman–Crippen LogP) is 2.08. The lowest BCUT2D eigenvalue weighted by Crippen LogP contribution is -1.90. The molecular formula is C13H14O2. The van der Waals surface area contributed by atoms with Crippen LogP contribution in [0.1, 0.15) is 16.7 Å². The third-order valence-corrected chi connectivity index (χ3v) is 2.85. The zero-order valence-electron chi connectivity index (χ0n) is 8.70. The fraction of sp³-hybridized carbons (Fsp3) is 0.231. The second-order valence-corrected chi connectivity index (χ2v) is 3.72. The van der Waals surface area contributed by atoms with Gasteiger partial charge in [0, 0.05) is 0 Å². The van der Waals surface area contributed by atoms with E-state index in [2.05, 4.69) is 0 Å². The average molecular weight is 202 g/mol. The van der Waals surface area contributed by atoms with Crippen molar-refractivity contribution in [1.82, 2.24) is 0 Å². The van der Waals surface area contributed by atoms with E-state index in [0.29, 0.717) is 0 Å². The molecule has 0 aromatic carbocycles. The molecule has 2 rings (SSSR count). The van der Waals surface area contributed by atoms with Gasteiger partial charge in [-0.2, -0.15) is 0 Å². The first kappa shape index (κ1) is 10.1. The van der Waals surface area contributed by atoms with Crippen LogP contribution in [-0.2, 0) is 13.2 Å². The Morgan fingerprint density at radius 1 is 0.933 bits per heavy atom. The van der Waals surface area contributed by atoms with Gasteiger partial charge in [0.15, 0.2) is 0 Å². The van der Waals surface area contributed by atoms with Crippen LogP contribution in [0.2, 0.25) is 0 Å². The monoisotopic (exact) mass is 202 g/mol. The average Bonchev–Trinajstić information content (AvgIpc) is 2.64. The first-order valence-corrected chi connectivity index (χ1v) is 4.99. The largest absolute Gasteiger partial charge is 0.392 e. The molecule has 0 aliphatic heterocycles. The smallest absolute Gasteiger partial charge is 0.0684 e. The lowest BCUT2D eigenvalue weighted by atomic mass is 10.1. The second-order valence-electron chi connectivity index (χ2n) is 3.72. The molecule has 0 unspecified atom stereocenters. The fourth-order valence-electron chi connectivity index (χ4n) is 1.84. The van der Waals surface area contributed by atoms with Crippen LogP contribution in [0.4, 0.5) is 0 Å². The summed E-state index contributed by atoms with van der Waals surface area (Å²) < 4.78 is 0. The van der Waals surface area contributed by atoms with Gasteiger partial charge in [-0.15, -0.1) is 0 Å². The van der Waals surface area contributed by atoms with E-state index in [1.54, 1.807) is 0 Å². The van der Waals surface area contributed by atoms with Crippen LogP contribution in [0.3, 0.4) is 0 Å². The molecule has 2 nitrogen and oxygen atoms in total. The highest BCUT2D eigenvalue weighted by Gasteiger charge is 2.07. The minimum atomic E-state index is 0.00773. The Morgan fingerprint density at radius 2 is 1.40 bits per heavy atom. The molecule has 78 valence electrons. The lowest BCUT2D eigenvalue weighted by Gasteiger charge is -2.01. The SMILES string of the molecule is Cc1c(CO)cc2cccc-2cc1CO. The van der Waals surface area contributed by atoms with Gasteiger partial charge in [0.25, 0.3) is 0 Å². The van der Waals surface area contributed by atoms with Crippen molar-refractivity contribution in [3.63, 3.8) is 0 Å². The Hall–Kier alpha value is -1.38. The summed E-state index contributed by atoms with van der Waals surface area (Å²) in [4.78, 5) is 0. The molecule has 15 heavy (non-hydrogen) atoms. The molecule has 0 saturated carbocycles. The first-order chi connectivity index (χ1) is 7.26. The Kier molecular flexibility index (Phi) is 2.71. The van der Waals surface area contributed by atoms with Crippen LogP contribution >= 0.6 is 0 Å². The summed E-state index contributed by atoms with van der Waals surface area (Å²) in [6.07, 6.45) is 0. The summed E-state index contributed by atoms with van der Waals surface area (Å²) in [5.74, 6) is 0. The number of aliphatic hydroxyl groups is 2. The molecule has 2 aliphatic carbocycles.